The van der Waals surface area contributed by atoms with Gasteiger partial charge in [-0.2, -0.15) is 0 Å². The smallest absolute Gasteiger partial charge is 0.328 e. The summed E-state index contributed by atoms with van der Waals surface area (Å²) in [4.78, 5) is 25.1. The molecule has 1 aromatic carbocycles. The average molecular weight is 346 g/mol. The van der Waals surface area contributed by atoms with E-state index in [0.29, 0.717) is 5.69 Å². The molecule has 0 saturated carbocycles. The lowest BCUT2D eigenvalue weighted by Crippen LogP contribution is -2.48. The van der Waals surface area contributed by atoms with Crippen LogP contribution in [0.25, 0.3) is 0 Å². The minimum Gasteiger partial charge on any atom is -0.481 e. The molecule has 1 heterocycles. The SMILES string of the molecule is CCOC(=O)C(C)N1C(=O)COc2cc(F)c(Br)cc21. The molecule has 0 fully saturated rings. The van der Waals surface area contributed by atoms with Crippen molar-refractivity contribution < 1.29 is 23.5 Å². The number of nitrogens with zero attached hydrogens (tertiary/aromatic N) is 1. The van der Waals surface area contributed by atoms with Gasteiger partial charge in [0.1, 0.15) is 17.6 Å². The van der Waals surface area contributed by atoms with Crippen LogP contribution in [-0.2, 0) is 14.3 Å². The Hall–Kier alpha value is -1.63. The van der Waals surface area contributed by atoms with Crippen molar-refractivity contribution in [3.05, 3.63) is 22.4 Å². The van der Waals surface area contributed by atoms with Gasteiger partial charge in [0.15, 0.2) is 6.61 Å². The van der Waals surface area contributed by atoms with Gasteiger partial charge in [-0.25, -0.2) is 9.18 Å². The zero-order chi connectivity index (χ0) is 14.9. The third kappa shape index (κ3) is 2.63. The maximum atomic E-state index is 13.5. The van der Waals surface area contributed by atoms with Crippen LogP contribution >= 0.6 is 15.9 Å². The molecule has 1 unspecified atom stereocenters. The van der Waals surface area contributed by atoms with E-state index < -0.39 is 17.8 Å². The highest BCUT2D eigenvalue weighted by Crippen LogP contribution is 2.37. The first kappa shape index (κ1) is 14.8. The summed E-state index contributed by atoms with van der Waals surface area (Å²) in [5.41, 5.74) is 0.343. The topological polar surface area (TPSA) is 55.8 Å². The number of hydrogen-bond acceptors (Lipinski definition) is 4. The number of hydrogen-bond donors (Lipinski definition) is 0. The van der Waals surface area contributed by atoms with E-state index in [1.165, 1.54) is 17.0 Å². The minimum absolute atomic E-state index is 0.190. The number of halogens is 2. The van der Waals surface area contributed by atoms with E-state index in [-0.39, 0.29) is 29.3 Å². The van der Waals surface area contributed by atoms with Crippen LogP contribution in [0.4, 0.5) is 10.1 Å². The fourth-order valence-corrected chi connectivity index (χ4v) is 2.29. The molecule has 5 nitrogen and oxygen atoms in total. The molecule has 0 spiro atoms. The largest absolute Gasteiger partial charge is 0.481 e. The summed E-state index contributed by atoms with van der Waals surface area (Å²) in [6.07, 6.45) is 0. The lowest BCUT2D eigenvalue weighted by Gasteiger charge is -2.33. The second-order valence-corrected chi connectivity index (χ2v) is 5.07. The van der Waals surface area contributed by atoms with Gasteiger partial charge in [-0.1, -0.05) is 0 Å². The van der Waals surface area contributed by atoms with Gasteiger partial charge < -0.3 is 9.47 Å². The lowest BCUT2D eigenvalue weighted by atomic mass is 10.1. The molecule has 1 atom stereocenters. The molecule has 0 saturated heterocycles. The summed E-state index contributed by atoms with van der Waals surface area (Å²) < 4.78 is 23.8. The Morgan fingerprint density at radius 1 is 1.60 bits per heavy atom. The third-order valence-electron chi connectivity index (χ3n) is 2.90. The normalized spacial score (nSPS) is 15.4. The summed E-state index contributed by atoms with van der Waals surface area (Å²) in [6, 6.07) is 1.79. The van der Waals surface area contributed by atoms with Crippen molar-refractivity contribution in [3.63, 3.8) is 0 Å². The molecule has 0 N–H and O–H groups in total. The van der Waals surface area contributed by atoms with Crippen LogP contribution in [0, 0.1) is 5.82 Å². The quantitative estimate of drug-likeness (QED) is 0.788. The summed E-state index contributed by atoms with van der Waals surface area (Å²) in [5, 5.41) is 0. The molecular weight excluding hydrogens is 333 g/mol. The number of rotatable bonds is 3. The van der Waals surface area contributed by atoms with Gasteiger partial charge >= 0.3 is 5.97 Å². The summed E-state index contributed by atoms with van der Waals surface area (Å²) in [6.45, 7) is 3.23. The highest BCUT2D eigenvalue weighted by Gasteiger charge is 2.34. The van der Waals surface area contributed by atoms with Crippen molar-refractivity contribution in [1.29, 1.82) is 0 Å². The van der Waals surface area contributed by atoms with E-state index in [1.54, 1.807) is 13.8 Å². The number of ether oxygens (including phenoxy) is 2. The Balaban J connectivity index is 2.42. The van der Waals surface area contributed by atoms with Crippen LogP contribution in [0.2, 0.25) is 0 Å². The van der Waals surface area contributed by atoms with Crippen LogP contribution in [0.15, 0.2) is 16.6 Å². The van der Waals surface area contributed by atoms with Gasteiger partial charge in [-0.3, -0.25) is 9.69 Å². The van der Waals surface area contributed by atoms with Crippen molar-refractivity contribution in [2.75, 3.05) is 18.1 Å². The third-order valence-corrected chi connectivity index (χ3v) is 3.50. The second-order valence-electron chi connectivity index (χ2n) is 4.21. The molecule has 1 amide bonds. The van der Waals surface area contributed by atoms with E-state index in [9.17, 15) is 14.0 Å². The van der Waals surface area contributed by atoms with Crippen molar-refractivity contribution >= 4 is 33.5 Å². The number of benzene rings is 1. The van der Waals surface area contributed by atoms with Gasteiger partial charge in [-0.05, 0) is 35.8 Å². The number of amides is 1. The van der Waals surface area contributed by atoms with Gasteiger partial charge in [-0.15, -0.1) is 0 Å². The number of fused-ring (bicyclic) bond motifs is 1. The van der Waals surface area contributed by atoms with E-state index in [2.05, 4.69) is 15.9 Å². The monoisotopic (exact) mass is 345 g/mol. The van der Waals surface area contributed by atoms with Crippen molar-refractivity contribution in [1.82, 2.24) is 0 Å². The van der Waals surface area contributed by atoms with Crippen LogP contribution < -0.4 is 9.64 Å². The Bertz CT molecular complexity index is 564. The van der Waals surface area contributed by atoms with Crippen LogP contribution in [0.5, 0.6) is 5.75 Å². The lowest BCUT2D eigenvalue weighted by molar-refractivity contribution is -0.145. The van der Waals surface area contributed by atoms with Gasteiger partial charge in [0.25, 0.3) is 5.91 Å². The van der Waals surface area contributed by atoms with E-state index in [1.807, 2.05) is 0 Å². The molecule has 2 rings (SSSR count). The molecule has 0 aromatic heterocycles. The van der Waals surface area contributed by atoms with Crippen molar-refractivity contribution in [3.8, 4) is 5.75 Å². The standard InChI is InChI=1S/C13H13BrFNO4/c1-3-19-13(18)7(2)16-10-4-8(14)9(15)5-11(10)20-6-12(16)17/h4-5,7H,3,6H2,1-2H3. The molecule has 0 aliphatic carbocycles. The van der Waals surface area contributed by atoms with E-state index >= 15 is 0 Å². The molecule has 7 heteroatoms. The molecule has 108 valence electrons. The Morgan fingerprint density at radius 3 is 2.95 bits per heavy atom. The van der Waals surface area contributed by atoms with Crippen molar-refractivity contribution in [2.24, 2.45) is 0 Å². The van der Waals surface area contributed by atoms with Gasteiger partial charge in [0, 0.05) is 6.07 Å². The van der Waals surface area contributed by atoms with Gasteiger partial charge in [0.2, 0.25) is 0 Å². The van der Waals surface area contributed by atoms with Crippen LogP contribution in [-0.4, -0.2) is 31.1 Å². The fourth-order valence-electron chi connectivity index (χ4n) is 1.96. The minimum atomic E-state index is -0.803. The Labute approximate surface area is 123 Å². The average Bonchev–Trinajstić information content (AvgIpc) is 2.40. The second kappa shape index (κ2) is 5.78. The first-order valence-corrected chi connectivity index (χ1v) is 6.85. The summed E-state index contributed by atoms with van der Waals surface area (Å²) in [7, 11) is 0. The molecule has 0 radical (unpaired) electrons. The molecule has 1 aliphatic rings. The van der Waals surface area contributed by atoms with Crippen molar-refractivity contribution in [2.45, 2.75) is 19.9 Å². The molecule has 1 aliphatic heterocycles. The predicted octanol–water partition coefficient (Wildman–Crippen LogP) is 2.27. The fraction of sp³-hybridized carbons (Fsp3) is 0.385. The predicted molar refractivity (Wildman–Crippen MR) is 73.2 cm³/mol. The van der Waals surface area contributed by atoms with Crippen LogP contribution in [0.1, 0.15) is 13.8 Å². The summed E-state index contributed by atoms with van der Waals surface area (Å²) in [5.74, 6) is -1.17. The van der Waals surface area contributed by atoms with E-state index in [0.717, 1.165) is 0 Å². The highest BCUT2D eigenvalue weighted by molar-refractivity contribution is 9.10. The zero-order valence-corrected chi connectivity index (χ0v) is 12.6. The van der Waals surface area contributed by atoms with E-state index in [4.69, 9.17) is 9.47 Å². The zero-order valence-electron chi connectivity index (χ0n) is 11.0. The molecule has 1 aromatic rings. The Kier molecular flexibility index (Phi) is 4.27. The number of carbonyl (C=O) groups is 2. The molecular formula is C13H13BrFNO4. The van der Waals surface area contributed by atoms with Gasteiger partial charge in [0.05, 0.1) is 16.8 Å². The molecule has 0 bridgehead atoms. The van der Waals surface area contributed by atoms with Crippen LogP contribution in [0.3, 0.4) is 0 Å². The maximum absolute atomic E-state index is 13.5. The number of esters is 1. The first-order chi connectivity index (χ1) is 9.45. The molecule has 20 heavy (non-hydrogen) atoms. The number of carbonyl (C=O) groups excluding carboxylic acids is 2. The highest BCUT2D eigenvalue weighted by atomic mass is 79.9. The maximum Gasteiger partial charge on any atom is 0.328 e. The Morgan fingerprint density at radius 2 is 2.30 bits per heavy atom. The first-order valence-electron chi connectivity index (χ1n) is 6.06. The summed E-state index contributed by atoms with van der Waals surface area (Å²) >= 11 is 3.05. The number of anilines is 1.